The van der Waals surface area contributed by atoms with Crippen molar-refractivity contribution in [3.05, 3.63) is 71.3 Å². The number of nitrogens with zero attached hydrogens (tertiary/aromatic N) is 2. The van der Waals surface area contributed by atoms with E-state index in [1.54, 1.807) is 0 Å². The minimum Gasteiger partial charge on any atom is -0.355 e. The van der Waals surface area contributed by atoms with E-state index in [0.29, 0.717) is 0 Å². The Kier molecular flexibility index (Phi) is 5.90. The van der Waals surface area contributed by atoms with Crippen molar-refractivity contribution in [2.45, 2.75) is 0 Å². The molecule has 0 fully saturated rings. The Morgan fingerprint density at radius 3 is 1.27 bits per heavy atom. The van der Waals surface area contributed by atoms with Gasteiger partial charge in [-0.05, 0) is 72.8 Å². The molecule has 0 saturated carbocycles. The largest absolute Gasteiger partial charge is 3.00 e. The van der Waals surface area contributed by atoms with E-state index in [-0.39, 0.29) is 57.0 Å². The smallest absolute Gasteiger partial charge is 0.355 e. The fourth-order valence-electron chi connectivity index (χ4n) is 2.94. The average Bonchev–Trinajstić information content (AvgIpc) is 3.32. The molecule has 2 aliphatic heterocycles. The van der Waals surface area contributed by atoms with E-state index in [9.17, 15) is 0 Å². The predicted molar refractivity (Wildman–Crippen MR) is 98.9 cm³/mol. The van der Waals surface area contributed by atoms with Crippen LogP contribution in [0, 0.1) is 39.9 Å². The van der Waals surface area contributed by atoms with Crippen LogP contribution in [-0.4, -0.2) is 19.9 Å². The van der Waals surface area contributed by atoms with Crippen molar-refractivity contribution in [1.29, 1.82) is 0 Å². The Balaban J connectivity index is 0.000000980. The van der Waals surface area contributed by atoms with Crippen LogP contribution >= 0.6 is 0 Å². The summed E-state index contributed by atoms with van der Waals surface area (Å²) in [5.74, 6) is 0. The maximum atomic E-state index is 4.62. The molecular formula is C20H14GdMnN4+6. The van der Waals surface area contributed by atoms with Gasteiger partial charge < -0.3 is 9.97 Å². The zero-order valence-electron chi connectivity index (χ0n) is 13.6. The van der Waals surface area contributed by atoms with Crippen LogP contribution in [-0.2, 0) is 17.1 Å². The number of H-pyrrole nitrogens is 2. The summed E-state index contributed by atoms with van der Waals surface area (Å²) in [7, 11) is 0. The average molecular weight is 523 g/mol. The van der Waals surface area contributed by atoms with Crippen molar-refractivity contribution < 1.29 is 57.0 Å². The second-order valence-electron chi connectivity index (χ2n) is 5.91. The number of aromatic amines is 2. The number of fused-ring (bicyclic) bond motifs is 8. The molecular weight excluding hydrogens is 508 g/mol. The predicted octanol–water partition coefficient (Wildman–Crippen LogP) is 4.65. The molecule has 6 heteroatoms. The van der Waals surface area contributed by atoms with Gasteiger partial charge >= 0.3 is 57.0 Å². The summed E-state index contributed by atoms with van der Waals surface area (Å²) in [6, 6.07) is 16.4. The van der Waals surface area contributed by atoms with Crippen molar-refractivity contribution in [1.82, 2.24) is 19.9 Å². The van der Waals surface area contributed by atoms with Crippen molar-refractivity contribution in [3.8, 4) is 0 Å². The van der Waals surface area contributed by atoms with Crippen LogP contribution in [0.25, 0.3) is 46.4 Å². The third kappa shape index (κ3) is 4.06. The van der Waals surface area contributed by atoms with Crippen LogP contribution in [0.4, 0.5) is 0 Å². The minimum absolute atomic E-state index is 0. The summed E-state index contributed by atoms with van der Waals surface area (Å²) in [6.07, 6.45) is 8.05. The fraction of sp³-hybridized carbons (Fsp3) is 0. The van der Waals surface area contributed by atoms with Crippen LogP contribution in [0.15, 0.2) is 48.5 Å². The maximum Gasteiger partial charge on any atom is 3.00 e. The second-order valence-corrected chi connectivity index (χ2v) is 5.91. The van der Waals surface area contributed by atoms with Gasteiger partial charge in [-0.25, -0.2) is 9.97 Å². The van der Waals surface area contributed by atoms with Gasteiger partial charge in [-0.15, -0.1) is 0 Å². The van der Waals surface area contributed by atoms with Gasteiger partial charge in [0.1, 0.15) is 0 Å². The first-order valence-corrected chi connectivity index (χ1v) is 7.85. The van der Waals surface area contributed by atoms with E-state index in [1.807, 2.05) is 42.5 Å². The van der Waals surface area contributed by atoms with Crippen molar-refractivity contribution in [2.24, 2.45) is 0 Å². The Morgan fingerprint density at radius 2 is 0.846 bits per heavy atom. The molecule has 1 radical (unpaired) electrons. The Labute approximate surface area is 193 Å². The quantitative estimate of drug-likeness (QED) is 0.291. The number of hydrogen-bond acceptors (Lipinski definition) is 2. The number of nitrogens with one attached hydrogen (secondary N) is 2. The van der Waals surface area contributed by atoms with Crippen molar-refractivity contribution in [2.75, 3.05) is 0 Å². The Bertz CT molecular complexity index is 1080. The topological polar surface area (TPSA) is 57.4 Å². The first-order valence-electron chi connectivity index (χ1n) is 7.85. The minimum atomic E-state index is 0. The molecule has 0 atom stereocenters. The van der Waals surface area contributed by atoms with E-state index in [2.05, 4.69) is 50.3 Å². The normalized spacial score (nSPS) is 11.7. The molecule has 0 aromatic carbocycles. The molecule has 2 aliphatic rings. The van der Waals surface area contributed by atoms with Gasteiger partial charge in [0.25, 0.3) is 0 Å². The fourth-order valence-corrected chi connectivity index (χ4v) is 2.94. The number of rotatable bonds is 0. The van der Waals surface area contributed by atoms with Gasteiger partial charge in [0.15, 0.2) is 0 Å². The third-order valence-corrected chi connectivity index (χ3v) is 4.04. The van der Waals surface area contributed by atoms with Crippen molar-refractivity contribution in [3.63, 3.8) is 0 Å². The molecule has 3 aromatic rings. The third-order valence-electron chi connectivity index (χ3n) is 4.04. The summed E-state index contributed by atoms with van der Waals surface area (Å²) in [5.41, 5.74) is 7.86. The molecule has 5 rings (SSSR count). The number of aromatic nitrogens is 4. The summed E-state index contributed by atoms with van der Waals surface area (Å²) in [6.45, 7) is 0. The first kappa shape index (κ1) is 19.2. The van der Waals surface area contributed by atoms with E-state index in [0.717, 1.165) is 44.8 Å². The van der Waals surface area contributed by atoms with Crippen LogP contribution in [0.1, 0.15) is 22.8 Å². The van der Waals surface area contributed by atoms with E-state index in [1.165, 1.54) is 0 Å². The van der Waals surface area contributed by atoms with Gasteiger partial charge in [0.05, 0.1) is 22.8 Å². The molecule has 8 bridgehead atoms. The molecule has 2 N–H and O–H groups in total. The van der Waals surface area contributed by atoms with Crippen LogP contribution in [0.5, 0.6) is 0 Å². The Hall–Kier alpha value is -1.56. The van der Waals surface area contributed by atoms with Crippen LogP contribution in [0.3, 0.4) is 0 Å². The standard InChI is InChI=1S/C20H14N4.Gd.Mn/c1-2-14-10-16-5-6-18(23-16)12-20-8-7-19(24-20)11-17-4-3-15(22-17)9-13(1)21-14;;/h1-12,21-22H;;/q;2*+3. The van der Waals surface area contributed by atoms with Gasteiger partial charge in [-0.2, -0.15) is 0 Å². The zero-order chi connectivity index (χ0) is 15.9. The van der Waals surface area contributed by atoms with Crippen LogP contribution < -0.4 is 0 Å². The molecule has 26 heavy (non-hydrogen) atoms. The molecule has 123 valence electrons. The molecule has 5 heterocycles. The van der Waals surface area contributed by atoms with Gasteiger partial charge in [-0.3, -0.25) is 0 Å². The molecule has 0 unspecified atom stereocenters. The zero-order valence-corrected chi connectivity index (χ0v) is 17.0. The van der Waals surface area contributed by atoms with Crippen LogP contribution in [0.2, 0.25) is 0 Å². The number of hydrogen-bond donors (Lipinski definition) is 2. The summed E-state index contributed by atoms with van der Waals surface area (Å²) >= 11 is 0. The second kappa shape index (κ2) is 7.99. The first-order chi connectivity index (χ1) is 11.8. The van der Waals surface area contributed by atoms with Gasteiger partial charge in [0, 0.05) is 22.1 Å². The van der Waals surface area contributed by atoms with Gasteiger partial charge in [-0.1, -0.05) is 0 Å². The molecule has 3 aromatic heterocycles. The maximum absolute atomic E-state index is 4.62. The van der Waals surface area contributed by atoms with Gasteiger partial charge in [0.2, 0.25) is 0 Å². The van der Waals surface area contributed by atoms with E-state index < -0.39 is 0 Å². The van der Waals surface area contributed by atoms with E-state index >= 15 is 0 Å². The monoisotopic (exact) mass is 523 g/mol. The molecule has 0 amide bonds. The molecule has 0 spiro atoms. The summed E-state index contributed by atoms with van der Waals surface area (Å²) in [4.78, 5) is 16.0. The van der Waals surface area contributed by atoms with E-state index in [4.69, 9.17) is 0 Å². The van der Waals surface area contributed by atoms with Crippen molar-refractivity contribution >= 4 is 46.4 Å². The molecule has 0 saturated heterocycles. The molecule has 4 nitrogen and oxygen atoms in total. The summed E-state index contributed by atoms with van der Waals surface area (Å²) < 4.78 is 0. The molecule has 0 aliphatic carbocycles. The summed E-state index contributed by atoms with van der Waals surface area (Å²) in [5, 5.41) is 0. The Morgan fingerprint density at radius 1 is 0.500 bits per heavy atom. The SMILES string of the molecule is C1=Cc2cc3ccc(cc4ccc(cc5nc(cc1n2)C=C5)[nH]4)[nH]3.[Gd+3].[Mn+3].